The summed E-state index contributed by atoms with van der Waals surface area (Å²) in [6.07, 6.45) is -5.00. The largest absolute Gasteiger partial charge is 0.440 e. The Balaban J connectivity index is 2.30. The topological polar surface area (TPSA) is 47.6 Å². The standard InChI is InChI=1S/C8H12F3NO3/c1-7(2-3-14-4-7)12-6(13)15-5-8(9,10)11/h2-5H2,1H3,(H,12,13). The number of carbonyl (C=O) groups is 1. The van der Waals surface area contributed by atoms with Gasteiger partial charge in [0.1, 0.15) is 0 Å². The summed E-state index contributed by atoms with van der Waals surface area (Å²) in [6, 6.07) is 0. The monoisotopic (exact) mass is 227 g/mol. The maximum atomic E-state index is 11.7. The summed E-state index contributed by atoms with van der Waals surface area (Å²) in [6.45, 7) is 0.884. The average Bonchev–Trinajstić information content (AvgIpc) is 2.47. The molecular weight excluding hydrogens is 215 g/mol. The Bertz CT molecular complexity index is 236. The van der Waals surface area contributed by atoms with E-state index in [1.54, 1.807) is 6.92 Å². The van der Waals surface area contributed by atoms with Crippen LogP contribution >= 0.6 is 0 Å². The Morgan fingerprint density at radius 2 is 2.27 bits per heavy atom. The molecule has 0 aliphatic carbocycles. The molecule has 0 aromatic rings. The van der Waals surface area contributed by atoms with E-state index in [9.17, 15) is 18.0 Å². The molecule has 88 valence electrons. The maximum Gasteiger partial charge on any atom is 0.422 e. The van der Waals surface area contributed by atoms with Crippen molar-refractivity contribution in [1.82, 2.24) is 5.32 Å². The molecule has 1 heterocycles. The third-order valence-corrected chi connectivity index (χ3v) is 1.99. The molecule has 0 saturated carbocycles. The van der Waals surface area contributed by atoms with Crippen LogP contribution in [0.4, 0.5) is 18.0 Å². The van der Waals surface area contributed by atoms with Crippen LogP contribution < -0.4 is 5.32 Å². The van der Waals surface area contributed by atoms with Gasteiger partial charge in [0.15, 0.2) is 6.61 Å². The molecule has 1 rings (SSSR count). The van der Waals surface area contributed by atoms with Gasteiger partial charge in [-0.05, 0) is 13.3 Å². The molecule has 1 aliphatic heterocycles. The Labute approximate surface area is 84.7 Å². The van der Waals surface area contributed by atoms with Crippen LogP contribution in [0.25, 0.3) is 0 Å². The van der Waals surface area contributed by atoms with Crippen LogP contribution in [0.3, 0.4) is 0 Å². The second-order valence-corrected chi connectivity index (χ2v) is 3.68. The number of hydrogen-bond donors (Lipinski definition) is 1. The number of hydrogen-bond acceptors (Lipinski definition) is 3. The van der Waals surface area contributed by atoms with Crippen LogP contribution in [0.5, 0.6) is 0 Å². The average molecular weight is 227 g/mol. The Hall–Kier alpha value is -0.980. The first-order valence-corrected chi connectivity index (χ1v) is 4.40. The fraction of sp³-hybridized carbons (Fsp3) is 0.875. The van der Waals surface area contributed by atoms with Crippen molar-refractivity contribution in [3.8, 4) is 0 Å². The molecule has 0 aromatic heterocycles. The summed E-state index contributed by atoms with van der Waals surface area (Å²) in [4.78, 5) is 11.0. The summed E-state index contributed by atoms with van der Waals surface area (Å²) >= 11 is 0. The number of carbonyl (C=O) groups excluding carboxylic acids is 1. The minimum Gasteiger partial charge on any atom is -0.440 e. The zero-order valence-corrected chi connectivity index (χ0v) is 8.19. The fourth-order valence-corrected chi connectivity index (χ4v) is 1.20. The van der Waals surface area contributed by atoms with Crippen molar-refractivity contribution < 1.29 is 27.4 Å². The highest BCUT2D eigenvalue weighted by atomic mass is 19.4. The lowest BCUT2D eigenvalue weighted by Gasteiger charge is -2.23. The predicted molar refractivity (Wildman–Crippen MR) is 44.4 cm³/mol. The minimum atomic E-state index is -4.50. The van der Waals surface area contributed by atoms with Gasteiger partial charge in [-0.1, -0.05) is 0 Å². The summed E-state index contributed by atoms with van der Waals surface area (Å²) in [5, 5.41) is 2.34. The zero-order valence-electron chi connectivity index (χ0n) is 8.19. The maximum absolute atomic E-state index is 11.7. The van der Waals surface area contributed by atoms with E-state index in [-0.39, 0.29) is 6.61 Å². The lowest BCUT2D eigenvalue weighted by molar-refractivity contribution is -0.160. The Kier molecular flexibility index (Phi) is 3.43. The highest BCUT2D eigenvalue weighted by molar-refractivity contribution is 5.68. The SMILES string of the molecule is CC1(NC(=O)OCC(F)(F)F)CCOC1. The molecule has 7 heteroatoms. The van der Waals surface area contributed by atoms with Crippen molar-refractivity contribution in [3.05, 3.63) is 0 Å². The van der Waals surface area contributed by atoms with Gasteiger partial charge in [-0.3, -0.25) is 0 Å². The van der Waals surface area contributed by atoms with E-state index in [4.69, 9.17) is 4.74 Å². The lowest BCUT2D eigenvalue weighted by atomic mass is 10.0. The molecule has 1 atom stereocenters. The number of rotatable bonds is 2. The Morgan fingerprint density at radius 3 is 2.73 bits per heavy atom. The van der Waals surface area contributed by atoms with Gasteiger partial charge in [-0.15, -0.1) is 0 Å². The zero-order chi connectivity index (χ0) is 11.5. The molecule has 1 amide bonds. The Morgan fingerprint density at radius 1 is 1.60 bits per heavy atom. The van der Waals surface area contributed by atoms with Crippen molar-refractivity contribution in [3.63, 3.8) is 0 Å². The molecule has 0 spiro atoms. The minimum absolute atomic E-state index is 0.286. The summed E-state index contributed by atoms with van der Waals surface area (Å²) in [5.41, 5.74) is -0.622. The molecule has 1 aliphatic rings. The number of ether oxygens (including phenoxy) is 2. The summed E-state index contributed by atoms with van der Waals surface area (Å²) in [7, 11) is 0. The van der Waals surface area contributed by atoms with Crippen molar-refractivity contribution in [2.45, 2.75) is 25.1 Å². The van der Waals surface area contributed by atoms with E-state index >= 15 is 0 Å². The first-order chi connectivity index (χ1) is 6.81. The van der Waals surface area contributed by atoms with Gasteiger partial charge in [-0.25, -0.2) is 4.79 Å². The number of amides is 1. The van der Waals surface area contributed by atoms with E-state index < -0.39 is 24.4 Å². The van der Waals surface area contributed by atoms with Crippen LogP contribution in [-0.4, -0.2) is 37.6 Å². The van der Waals surface area contributed by atoms with Gasteiger partial charge in [0.2, 0.25) is 0 Å². The second kappa shape index (κ2) is 4.26. The predicted octanol–water partition coefficient (Wildman–Crippen LogP) is 1.45. The first kappa shape index (κ1) is 12.1. The van der Waals surface area contributed by atoms with Gasteiger partial charge >= 0.3 is 12.3 Å². The van der Waals surface area contributed by atoms with Gasteiger partial charge in [0.05, 0.1) is 12.1 Å². The van der Waals surface area contributed by atoms with Crippen molar-refractivity contribution in [2.24, 2.45) is 0 Å². The molecule has 15 heavy (non-hydrogen) atoms. The lowest BCUT2D eigenvalue weighted by Crippen LogP contribution is -2.47. The van der Waals surface area contributed by atoms with Gasteiger partial charge in [-0.2, -0.15) is 13.2 Å². The van der Waals surface area contributed by atoms with Crippen LogP contribution in [0.2, 0.25) is 0 Å². The van der Waals surface area contributed by atoms with Crippen LogP contribution in [0.15, 0.2) is 0 Å². The van der Waals surface area contributed by atoms with E-state index in [0.717, 1.165) is 0 Å². The van der Waals surface area contributed by atoms with Gasteiger partial charge in [0.25, 0.3) is 0 Å². The van der Waals surface area contributed by atoms with E-state index in [2.05, 4.69) is 10.1 Å². The molecule has 0 bridgehead atoms. The highest BCUT2D eigenvalue weighted by Gasteiger charge is 2.34. The normalized spacial score (nSPS) is 26.4. The number of nitrogens with one attached hydrogen (secondary N) is 1. The smallest absolute Gasteiger partial charge is 0.422 e. The van der Waals surface area contributed by atoms with Gasteiger partial charge in [0, 0.05) is 6.61 Å². The number of halogens is 3. The van der Waals surface area contributed by atoms with Crippen molar-refractivity contribution >= 4 is 6.09 Å². The van der Waals surface area contributed by atoms with Crippen molar-refractivity contribution in [1.29, 1.82) is 0 Å². The third kappa shape index (κ3) is 4.37. The second-order valence-electron chi connectivity index (χ2n) is 3.68. The molecule has 1 fully saturated rings. The molecule has 0 radical (unpaired) electrons. The molecule has 1 saturated heterocycles. The van der Waals surface area contributed by atoms with Crippen LogP contribution in [-0.2, 0) is 9.47 Å². The van der Waals surface area contributed by atoms with Gasteiger partial charge < -0.3 is 14.8 Å². The quantitative estimate of drug-likeness (QED) is 0.776. The number of alkyl halides is 3. The van der Waals surface area contributed by atoms with Crippen molar-refractivity contribution in [2.75, 3.05) is 19.8 Å². The van der Waals surface area contributed by atoms with E-state index in [1.165, 1.54) is 0 Å². The molecule has 4 nitrogen and oxygen atoms in total. The van der Waals surface area contributed by atoms with Crippen LogP contribution in [0, 0.1) is 0 Å². The molecule has 1 N–H and O–H groups in total. The van der Waals surface area contributed by atoms with E-state index in [0.29, 0.717) is 13.0 Å². The first-order valence-electron chi connectivity index (χ1n) is 4.40. The highest BCUT2D eigenvalue weighted by Crippen LogP contribution is 2.18. The third-order valence-electron chi connectivity index (χ3n) is 1.99. The molecular formula is C8H12F3NO3. The fourth-order valence-electron chi connectivity index (χ4n) is 1.20. The summed E-state index contributed by atoms with van der Waals surface area (Å²) in [5.74, 6) is 0. The number of alkyl carbamates (subject to hydrolysis) is 1. The summed E-state index contributed by atoms with van der Waals surface area (Å²) < 4.78 is 44.1. The van der Waals surface area contributed by atoms with Crippen LogP contribution in [0.1, 0.15) is 13.3 Å². The molecule has 1 unspecified atom stereocenters. The van der Waals surface area contributed by atoms with E-state index in [1.807, 2.05) is 0 Å². The molecule has 0 aromatic carbocycles.